The Kier molecular flexibility index (Phi) is 2.14. The largest absolute Gasteiger partial charge is 0.140 e. The first kappa shape index (κ1) is 7.56. The lowest BCUT2D eigenvalue weighted by atomic mass is 10.2. The van der Waals surface area contributed by atoms with E-state index in [-0.39, 0.29) is 0 Å². The van der Waals surface area contributed by atoms with Crippen LogP contribution in [0.25, 0.3) is 0 Å². The summed E-state index contributed by atoms with van der Waals surface area (Å²) in [7, 11) is 0. The monoisotopic (exact) mass is 180 g/mol. The third kappa shape index (κ3) is 1.57. The molecule has 1 heterocycles. The number of fused-ring (bicyclic) bond motifs is 1. The highest BCUT2D eigenvalue weighted by molar-refractivity contribution is 8.19. The van der Waals surface area contributed by atoms with Crippen LogP contribution in [0.5, 0.6) is 0 Å². The van der Waals surface area contributed by atoms with Gasteiger partial charge in [0.25, 0.3) is 0 Å². The lowest BCUT2D eigenvalue weighted by Gasteiger charge is -2.13. The maximum absolute atomic E-state index is 3.90. The molecule has 56 valence electrons. The van der Waals surface area contributed by atoms with Crippen molar-refractivity contribution >= 4 is 23.5 Å². The molecule has 0 atom stereocenters. The minimum atomic E-state index is 1.10. The zero-order valence-corrected chi connectivity index (χ0v) is 7.67. The fourth-order valence-electron chi connectivity index (χ4n) is 1.07. The van der Waals surface area contributed by atoms with Crippen molar-refractivity contribution in [1.29, 1.82) is 0 Å². The number of benzene rings is 1. The fourth-order valence-corrected chi connectivity index (χ4v) is 2.97. The molecule has 1 aromatic rings. The predicted molar refractivity (Wildman–Crippen MR) is 52.4 cm³/mol. The Bertz CT molecular complexity index is 268. The van der Waals surface area contributed by atoms with Gasteiger partial charge in [0.1, 0.15) is 0 Å². The molecule has 0 bridgehead atoms. The van der Waals surface area contributed by atoms with E-state index in [0.717, 1.165) is 11.3 Å². The number of thioether (sulfide) groups is 2. The minimum absolute atomic E-state index is 1.10. The van der Waals surface area contributed by atoms with Crippen molar-refractivity contribution < 1.29 is 0 Å². The normalized spacial score (nSPS) is 16.1. The van der Waals surface area contributed by atoms with Crippen LogP contribution in [-0.4, -0.2) is 0 Å². The van der Waals surface area contributed by atoms with Crippen molar-refractivity contribution in [3.05, 3.63) is 41.3 Å². The molecule has 1 aromatic carbocycles. The van der Waals surface area contributed by atoms with Crippen LogP contribution in [0.15, 0.2) is 23.1 Å². The summed E-state index contributed by atoms with van der Waals surface area (Å²) in [6, 6.07) is 6.39. The number of hydrogen-bond acceptors (Lipinski definition) is 2. The molecule has 2 radical (unpaired) electrons. The second-order valence-electron chi connectivity index (χ2n) is 2.47. The van der Waals surface area contributed by atoms with Crippen molar-refractivity contribution in [3.8, 4) is 0 Å². The Morgan fingerprint density at radius 1 is 1.36 bits per heavy atom. The molecule has 0 aliphatic carbocycles. The van der Waals surface area contributed by atoms with Crippen LogP contribution in [0.3, 0.4) is 0 Å². The maximum Gasteiger partial charge on any atom is 0.0766 e. The molecule has 0 saturated carbocycles. The van der Waals surface area contributed by atoms with Crippen molar-refractivity contribution in [2.24, 2.45) is 0 Å². The van der Waals surface area contributed by atoms with Crippen LogP contribution in [0, 0.1) is 12.0 Å². The van der Waals surface area contributed by atoms with Gasteiger partial charge in [0.15, 0.2) is 0 Å². The lowest BCUT2D eigenvalue weighted by Crippen LogP contribution is -1.90. The summed E-state index contributed by atoms with van der Waals surface area (Å²) in [6.45, 7) is 3.90. The van der Waals surface area contributed by atoms with Gasteiger partial charge in [-0.2, -0.15) is 0 Å². The number of hydrogen-bond donors (Lipinski definition) is 0. The molecule has 0 unspecified atom stereocenters. The summed E-state index contributed by atoms with van der Waals surface area (Å²) in [6.07, 6.45) is 0. The van der Waals surface area contributed by atoms with E-state index < -0.39 is 0 Å². The van der Waals surface area contributed by atoms with E-state index in [1.165, 1.54) is 10.5 Å². The van der Waals surface area contributed by atoms with Crippen molar-refractivity contribution in [2.75, 3.05) is 0 Å². The average molecular weight is 180 g/mol. The van der Waals surface area contributed by atoms with E-state index in [1.807, 2.05) is 23.5 Å². The van der Waals surface area contributed by atoms with E-state index in [0.29, 0.717) is 0 Å². The van der Waals surface area contributed by atoms with E-state index in [2.05, 4.69) is 30.2 Å². The first-order valence-electron chi connectivity index (χ1n) is 3.41. The Labute approximate surface area is 75.8 Å². The highest BCUT2D eigenvalue weighted by Crippen LogP contribution is 2.38. The van der Waals surface area contributed by atoms with Crippen molar-refractivity contribution in [1.82, 2.24) is 0 Å². The van der Waals surface area contributed by atoms with Crippen LogP contribution in [0.2, 0.25) is 0 Å². The highest BCUT2D eigenvalue weighted by atomic mass is 32.2. The van der Waals surface area contributed by atoms with E-state index in [9.17, 15) is 0 Å². The van der Waals surface area contributed by atoms with Crippen molar-refractivity contribution in [3.63, 3.8) is 0 Å². The Balaban J connectivity index is 2.43. The van der Waals surface area contributed by atoms with Gasteiger partial charge in [-0.3, -0.25) is 0 Å². The van der Waals surface area contributed by atoms with Gasteiger partial charge in [-0.1, -0.05) is 12.1 Å². The Morgan fingerprint density at radius 3 is 3.18 bits per heavy atom. The molecule has 2 rings (SSSR count). The molecule has 0 aromatic heterocycles. The standard InChI is InChI=1S/C9H8S2/c1-7-2-3-9-8(4-7)5-10-6-11-9/h2-4,6H,1,5H2. The maximum atomic E-state index is 3.90. The quantitative estimate of drug-likeness (QED) is 0.600. The van der Waals surface area contributed by atoms with Crippen LogP contribution in [0.1, 0.15) is 11.1 Å². The SMILES string of the molecule is [CH2]c1ccc2c(c1)CS[CH]S2. The minimum Gasteiger partial charge on any atom is -0.140 e. The van der Waals surface area contributed by atoms with Gasteiger partial charge in [0, 0.05) is 10.6 Å². The number of rotatable bonds is 0. The Hall–Kier alpha value is -0.0800. The van der Waals surface area contributed by atoms with Gasteiger partial charge in [-0.05, 0) is 24.1 Å². The molecule has 1 aliphatic heterocycles. The molecule has 0 N–H and O–H groups in total. The summed E-state index contributed by atoms with van der Waals surface area (Å²) >= 11 is 3.66. The second kappa shape index (κ2) is 3.11. The zero-order chi connectivity index (χ0) is 7.68. The van der Waals surface area contributed by atoms with Gasteiger partial charge >= 0.3 is 0 Å². The van der Waals surface area contributed by atoms with Crippen LogP contribution in [0.4, 0.5) is 0 Å². The molecular formula is C9H8S2. The van der Waals surface area contributed by atoms with Crippen LogP contribution in [-0.2, 0) is 5.75 Å². The topological polar surface area (TPSA) is 0 Å². The van der Waals surface area contributed by atoms with Gasteiger partial charge in [0.05, 0.1) is 5.08 Å². The zero-order valence-electron chi connectivity index (χ0n) is 6.04. The molecule has 0 nitrogen and oxygen atoms in total. The molecule has 0 saturated heterocycles. The average Bonchev–Trinajstić information content (AvgIpc) is 2.04. The molecule has 1 aliphatic rings. The third-order valence-electron chi connectivity index (χ3n) is 1.61. The lowest BCUT2D eigenvalue weighted by molar-refractivity contribution is 1.26. The highest BCUT2D eigenvalue weighted by Gasteiger charge is 2.08. The molecule has 2 heteroatoms. The van der Waals surface area contributed by atoms with E-state index in [1.54, 1.807) is 0 Å². The third-order valence-corrected chi connectivity index (χ3v) is 3.67. The molecule has 11 heavy (non-hydrogen) atoms. The van der Waals surface area contributed by atoms with Gasteiger partial charge < -0.3 is 0 Å². The van der Waals surface area contributed by atoms with Gasteiger partial charge in [0.2, 0.25) is 0 Å². The van der Waals surface area contributed by atoms with Gasteiger partial charge in [-0.25, -0.2) is 0 Å². The fraction of sp³-hybridized carbons (Fsp3) is 0.111. The molecular weight excluding hydrogens is 172 g/mol. The van der Waals surface area contributed by atoms with Crippen molar-refractivity contribution in [2.45, 2.75) is 10.6 Å². The van der Waals surface area contributed by atoms with E-state index >= 15 is 0 Å². The summed E-state index contributed by atoms with van der Waals surface area (Å²) in [5.74, 6) is 1.10. The first-order chi connectivity index (χ1) is 5.36. The first-order valence-corrected chi connectivity index (χ1v) is 5.34. The van der Waals surface area contributed by atoms with E-state index in [4.69, 9.17) is 0 Å². The van der Waals surface area contributed by atoms with Crippen LogP contribution < -0.4 is 0 Å². The Morgan fingerprint density at radius 2 is 2.27 bits per heavy atom. The summed E-state index contributed by atoms with van der Waals surface area (Å²) in [5, 5.41) is 2.19. The van der Waals surface area contributed by atoms with Gasteiger partial charge in [-0.15, -0.1) is 23.5 Å². The molecule has 0 spiro atoms. The van der Waals surface area contributed by atoms with Crippen LogP contribution >= 0.6 is 23.5 Å². The smallest absolute Gasteiger partial charge is 0.0766 e. The predicted octanol–water partition coefficient (Wildman–Crippen LogP) is 3.33. The molecule has 0 amide bonds. The summed E-state index contributed by atoms with van der Waals surface area (Å²) in [5.41, 5.74) is 2.54. The summed E-state index contributed by atoms with van der Waals surface area (Å²) < 4.78 is 0. The molecule has 0 fully saturated rings. The summed E-state index contributed by atoms with van der Waals surface area (Å²) in [4.78, 5) is 1.39. The second-order valence-corrected chi connectivity index (χ2v) is 4.53.